The molecule has 0 fully saturated rings. The van der Waals surface area contributed by atoms with Crippen molar-refractivity contribution in [1.29, 1.82) is 0 Å². The monoisotopic (exact) mass is 266 g/mol. The molecule has 2 aromatic rings. The van der Waals surface area contributed by atoms with Crippen molar-refractivity contribution in [3.63, 3.8) is 0 Å². The second-order valence-corrected chi connectivity index (χ2v) is 4.17. The zero-order chi connectivity index (χ0) is 14.2. The third-order valence-corrected chi connectivity index (χ3v) is 2.53. The summed E-state index contributed by atoms with van der Waals surface area (Å²) in [7, 11) is 3.16. The van der Waals surface area contributed by atoms with Gasteiger partial charge in [0.1, 0.15) is 5.82 Å². The van der Waals surface area contributed by atoms with Crippen molar-refractivity contribution in [2.75, 3.05) is 19.8 Å². The Bertz CT molecular complexity index is 637. The number of hydrogen-bond donors (Lipinski definition) is 1. The lowest BCUT2D eigenvalue weighted by molar-refractivity contribution is 0.0821. The molecule has 2 N–H and O–H groups in total. The molecule has 0 bridgehead atoms. The Morgan fingerprint density at radius 2 is 2.05 bits per heavy atom. The van der Waals surface area contributed by atoms with Gasteiger partial charge in [-0.05, 0) is 6.07 Å². The normalized spacial score (nSPS) is 10.5. The van der Waals surface area contributed by atoms with Crippen LogP contribution in [0.1, 0.15) is 10.5 Å². The lowest BCUT2D eigenvalue weighted by atomic mass is 10.2. The number of benzene rings is 1. The molecule has 1 aromatic heterocycles. The Hall–Kier alpha value is -2.44. The first-order chi connectivity index (χ1) is 8.90. The largest absolute Gasteiger partial charge is 0.395 e. The molecule has 0 radical (unpaired) electrons. The Balaban J connectivity index is 2.47. The summed E-state index contributed by atoms with van der Waals surface area (Å²) in [6, 6.07) is 3.19. The highest BCUT2D eigenvalue weighted by Crippen LogP contribution is 2.22. The molecule has 2 rings (SSSR count). The van der Waals surface area contributed by atoms with Gasteiger partial charge in [-0.15, -0.1) is 0 Å². The second kappa shape index (κ2) is 4.68. The average Bonchev–Trinajstić information content (AvgIpc) is 2.81. The van der Waals surface area contributed by atoms with Crippen LogP contribution in [-0.2, 0) is 0 Å². The summed E-state index contributed by atoms with van der Waals surface area (Å²) in [6.45, 7) is 0. The Morgan fingerprint density at radius 1 is 1.37 bits per heavy atom. The van der Waals surface area contributed by atoms with Gasteiger partial charge in [-0.2, -0.15) is 5.10 Å². The van der Waals surface area contributed by atoms with Crippen molar-refractivity contribution in [2.24, 2.45) is 0 Å². The summed E-state index contributed by atoms with van der Waals surface area (Å²) in [4.78, 5) is 13.0. The highest BCUT2D eigenvalue weighted by Gasteiger charge is 2.15. The lowest BCUT2D eigenvalue weighted by Gasteiger charge is -2.08. The zero-order valence-electron chi connectivity index (χ0n) is 10.4. The first kappa shape index (κ1) is 13.0. The number of amides is 1. The molecular formula is C12H12F2N4O. The predicted molar refractivity (Wildman–Crippen MR) is 65.9 cm³/mol. The second-order valence-electron chi connectivity index (χ2n) is 4.17. The maximum absolute atomic E-state index is 13.3. The molecule has 19 heavy (non-hydrogen) atoms. The number of nitrogens with two attached hydrogens (primary N) is 1. The van der Waals surface area contributed by atoms with Crippen LogP contribution in [0.25, 0.3) is 5.69 Å². The van der Waals surface area contributed by atoms with Crippen LogP contribution in [0.5, 0.6) is 0 Å². The Kier molecular flexibility index (Phi) is 3.20. The van der Waals surface area contributed by atoms with Crippen LogP contribution in [0.15, 0.2) is 24.4 Å². The van der Waals surface area contributed by atoms with E-state index >= 15 is 0 Å². The van der Waals surface area contributed by atoms with E-state index < -0.39 is 11.6 Å². The van der Waals surface area contributed by atoms with Gasteiger partial charge in [0.05, 0.1) is 11.4 Å². The third-order valence-electron chi connectivity index (χ3n) is 2.53. The van der Waals surface area contributed by atoms with Crippen molar-refractivity contribution in [1.82, 2.24) is 14.7 Å². The fourth-order valence-electron chi connectivity index (χ4n) is 1.56. The quantitative estimate of drug-likeness (QED) is 0.836. The van der Waals surface area contributed by atoms with Gasteiger partial charge in [0.25, 0.3) is 5.91 Å². The maximum Gasteiger partial charge on any atom is 0.273 e. The van der Waals surface area contributed by atoms with Crippen LogP contribution in [0.2, 0.25) is 0 Å². The molecule has 5 nitrogen and oxygen atoms in total. The standard InChI is InChI=1S/C12H12F2N4O/c1-17(2)12(19)9-3-4-18(16-9)10-6-7(13)5-8(14)11(10)15/h3-6H,15H2,1-2H3. The van der Waals surface area contributed by atoms with Gasteiger partial charge in [-0.1, -0.05) is 0 Å². The summed E-state index contributed by atoms with van der Waals surface area (Å²) < 4.78 is 27.7. The van der Waals surface area contributed by atoms with Crippen molar-refractivity contribution in [3.8, 4) is 5.69 Å². The molecule has 7 heteroatoms. The fraction of sp³-hybridized carbons (Fsp3) is 0.167. The van der Waals surface area contributed by atoms with Crippen LogP contribution >= 0.6 is 0 Å². The summed E-state index contributed by atoms with van der Waals surface area (Å²) in [5, 5.41) is 3.96. The summed E-state index contributed by atoms with van der Waals surface area (Å²) in [6.07, 6.45) is 1.42. The molecule has 1 amide bonds. The molecule has 0 saturated carbocycles. The molecule has 0 aliphatic rings. The molecule has 0 unspecified atom stereocenters. The van der Waals surface area contributed by atoms with Crippen molar-refractivity contribution in [3.05, 3.63) is 41.7 Å². The summed E-state index contributed by atoms with van der Waals surface area (Å²) >= 11 is 0. The predicted octanol–water partition coefficient (Wildman–Crippen LogP) is 1.43. The van der Waals surface area contributed by atoms with E-state index in [4.69, 9.17) is 5.73 Å². The molecule has 0 aliphatic carbocycles. The van der Waals surface area contributed by atoms with Gasteiger partial charge < -0.3 is 10.6 Å². The van der Waals surface area contributed by atoms with Crippen molar-refractivity contribution >= 4 is 11.6 Å². The van der Waals surface area contributed by atoms with Crippen LogP contribution in [0, 0.1) is 11.6 Å². The average molecular weight is 266 g/mol. The van der Waals surface area contributed by atoms with Crippen LogP contribution < -0.4 is 5.73 Å². The van der Waals surface area contributed by atoms with Gasteiger partial charge in [0.2, 0.25) is 0 Å². The summed E-state index contributed by atoms with van der Waals surface area (Å²) in [5.74, 6) is -1.95. The molecule has 0 saturated heterocycles. The van der Waals surface area contributed by atoms with E-state index in [0.29, 0.717) is 6.07 Å². The number of hydrogen-bond acceptors (Lipinski definition) is 3. The molecule has 0 spiro atoms. The van der Waals surface area contributed by atoms with E-state index in [2.05, 4.69) is 5.10 Å². The minimum absolute atomic E-state index is 0.0512. The maximum atomic E-state index is 13.3. The molecule has 1 aromatic carbocycles. The molecule has 1 heterocycles. The van der Waals surface area contributed by atoms with Crippen molar-refractivity contribution < 1.29 is 13.6 Å². The Labute approximate surface area is 108 Å². The van der Waals surface area contributed by atoms with Crippen LogP contribution in [0.3, 0.4) is 0 Å². The number of nitrogens with zero attached hydrogens (tertiary/aromatic N) is 3. The molecular weight excluding hydrogens is 254 g/mol. The topological polar surface area (TPSA) is 64.2 Å². The number of carbonyl (C=O) groups excluding carboxylic acids is 1. The molecule has 100 valence electrons. The summed E-state index contributed by atoms with van der Waals surface area (Å²) in [5.41, 5.74) is 5.51. The minimum atomic E-state index is -0.869. The van der Waals surface area contributed by atoms with Crippen molar-refractivity contribution in [2.45, 2.75) is 0 Å². The number of carbonyl (C=O) groups is 1. The molecule has 0 atom stereocenters. The number of aromatic nitrogens is 2. The SMILES string of the molecule is CN(C)C(=O)c1ccn(-c2cc(F)cc(F)c2N)n1. The fourth-order valence-corrected chi connectivity index (χ4v) is 1.56. The number of halogens is 2. The lowest BCUT2D eigenvalue weighted by Crippen LogP contribution is -2.22. The minimum Gasteiger partial charge on any atom is -0.395 e. The van der Waals surface area contributed by atoms with Gasteiger partial charge in [-0.3, -0.25) is 4.79 Å². The highest BCUT2D eigenvalue weighted by molar-refractivity contribution is 5.91. The van der Waals surface area contributed by atoms with E-state index in [9.17, 15) is 13.6 Å². The van der Waals surface area contributed by atoms with E-state index in [-0.39, 0.29) is 23.0 Å². The van der Waals surface area contributed by atoms with E-state index in [1.807, 2.05) is 0 Å². The van der Waals surface area contributed by atoms with Gasteiger partial charge in [-0.25, -0.2) is 13.5 Å². The third kappa shape index (κ3) is 2.40. The smallest absolute Gasteiger partial charge is 0.273 e. The number of anilines is 1. The van der Waals surface area contributed by atoms with E-state index in [1.54, 1.807) is 14.1 Å². The number of rotatable bonds is 2. The molecule has 0 aliphatic heterocycles. The van der Waals surface area contributed by atoms with E-state index in [0.717, 1.165) is 10.7 Å². The van der Waals surface area contributed by atoms with Gasteiger partial charge in [0, 0.05) is 32.4 Å². The van der Waals surface area contributed by atoms with Gasteiger partial charge >= 0.3 is 0 Å². The highest BCUT2D eigenvalue weighted by atomic mass is 19.1. The van der Waals surface area contributed by atoms with Crippen LogP contribution in [0.4, 0.5) is 14.5 Å². The van der Waals surface area contributed by atoms with E-state index in [1.165, 1.54) is 17.2 Å². The first-order valence-electron chi connectivity index (χ1n) is 5.42. The first-order valence-corrected chi connectivity index (χ1v) is 5.42. The van der Waals surface area contributed by atoms with Crippen LogP contribution in [-0.4, -0.2) is 34.7 Å². The zero-order valence-corrected chi connectivity index (χ0v) is 10.4. The van der Waals surface area contributed by atoms with Gasteiger partial charge in [0.15, 0.2) is 11.5 Å². The number of nitrogen functional groups attached to an aromatic ring is 1. The Morgan fingerprint density at radius 3 is 2.68 bits per heavy atom.